The average Bonchev–Trinajstić information content (AvgIpc) is 1.90. The molecule has 0 aliphatic carbocycles. The Labute approximate surface area is 72.7 Å². The van der Waals surface area contributed by atoms with Crippen LogP contribution in [-0.2, 0) is 8.85 Å². The van der Waals surface area contributed by atoms with E-state index in [2.05, 4.69) is 34.8 Å². The second-order valence-corrected chi connectivity index (χ2v) is 3.89. The van der Waals surface area contributed by atoms with Crippen LogP contribution in [-0.4, -0.2) is 49.8 Å². The highest BCUT2D eigenvalue weighted by Crippen LogP contribution is 1.76. The Kier molecular flexibility index (Phi) is 15.8. The molecular weight excluding hydrogens is 158 g/mol. The van der Waals surface area contributed by atoms with Crippen molar-refractivity contribution in [3.05, 3.63) is 0 Å². The van der Waals surface area contributed by atoms with Gasteiger partial charge < -0.3 is 13.8 Å². The van der Waals surface area contributed by atoms with E-state index in [1.807, 2.05) is 0 Å². The van der Waals surface area contributed by atoms with E-state index in [0.29, 0.717) is 0 Å². The molecule has 0 spiro atoms. The first kappa shape index (κ1) is 13.7. The van der Waals surface area contributed by atoms with Gasteiger partial charge in [-0.15, -0.1) is 0 Å². The van der Waals surface area contributed by atoms with Crippen LogP contribution < -0.4 is 0 Å². The fourth-order valence-corrected chi connectivity index (χ4v) is 0.801. The topological polar surface area (TPSA) is 21.7 Å². The van der Waals surface area contributed by atoms with E-state index in [-0.39, 0.29) is 0 Å². The van der Waals surface area contributed by atoms with Crippen molar-refractivity contribution in [2.45, 2.75) is 13.3 Å². The van der Waals surface area contributed by atoms with Crippen molar-refractivity contribution in [1.29, 1.82) is 0 Å². The molecule has 4 heteroatoms. The maximum atomic E-state index is 4.61. The monoisotopic (exact) mass is 179 g/mol. The summed E-state index contributed by atoms with van der Waals surface area (Å²) in [5, 5.41) is 0. The molecule has 0 fully saturated rings. The van der Waals surface area contributed by atoms with Gasteiger partial charge in [0, 0.05) is 14.2 Å². The van der Waals surface area contributed by atoms with E-state index in [1.54, 1.807) is 14.2 Å². The van der Waals surface area contributed by atoms with Gasteiger partial charge >= 0.3 is 10.0 Å². The largest absolute Gasteiger partial charge is 0.402 e. The number of rotatable bonds is 4. The highest BCUT2D eigenvalue weighted by atomic mass is 28.3. The minimum absolute atomic E-state index is 0.568. The van der Waals surface area contributed by atoms with Crippen molar-refractivity contribution in [2.75, 3.05) is 34.9 Å². The molecule has 0 rings (SSSR count). The van der Waals surface area contributed by atoms with E-state index in [9.17, 15) is 0 Å². The molecule has 0 saturated heterocycles. The predicted molar refractivity (Wildman–Crippen MR) is 51.4 cm³/mol. The molecule has 0 aromatic heterocycles. The quantitative estimate of drug-likeness (QED) is 0.577. The first-order chi connectivity index (χ1) is 5.18. The van der Waals surface area contributed by atoms with Crippen molar-refractivity contribution < 1.29 is 8.85 Å². The minimum atomic E-state index is -0.568. The van der Waals surface area contributed by atoms with Gasteiger partial charge in [0.1, 0.15) is 0 Å². The average molecular weight is 179 g/mol. The van der Waals surface area contributed by atoms with Crippen molar-refractivity contribution in [2.24, 2.45) is 0 Å². The Morgan fingerprint density at radius 3 is 1.64 bits per heavy atom. The van der Waals surface area contributed by atoms with E-state index in [4.69, 9.17) is 0 Å². The number of hydrogen-bond donors (Lipinski definition) is 0. The van der Waals surface area contributed by atoms with Crippen molar-refractivity contribution in [3.63, 3.8) is 0 Å². The molecule has 0 atom stereocenters. The predicted octanol–water partition coefficient (Wildman–Crippen LogP) is 0.236. The zero-order valence-corrected chi connectivity index (χ0v) is 9.80. The van der Waals surface area contributed by atoms with E-state index in [0.717, 1.165) is 0 Å². The second kappa shape index (κ2) is 12.7. The minimum Gasteiger partial charge on any atom is -0.402 e. The molecule has 0 amide bonds. The normalized spacial score (nSPS) is 9.27. The summed E-state index contributed by atoms with van der Waals surface area (Å²) in [5.74, 6) is 0. The SMILES string of the molecule is CCCN(C)C.CO[SiH2]OC. The molecule has 70 valence electrons. The molecule has 0 heterocycles. The van der Waals surface area contributed by atoms with Crippen LogP contribution in [0.2, 0.25) is 0 Å². The Hall–Kier alpha value is 0.0969. The van der Waals surface area contributed by atoms with Crippen LogP contribution in [0, 0.1) is 0 Å². The van der Waals surface area contributed by atoms with Gasteiger partial charge in [-0.25, -0.2) is 0 Å². The fourth-order valence-electron chi connectivity index (χ4n) is 0.565. The van der Waals surface area contributed by atoms with Gasteiger partial charge in [-0.2, -0.15) is 0 Å². The zero-order valence-electron chi connectivity index (χ0n) is 8.39. The molecule has 0 radical (unpaired) electrons. The van der Waals surface area contributed by atoms with Gasteiger partial charge in [0.2, 0.25) is 0 Å². The molecule has 0 aliphatic rings. The lowest BCUT2D eigenvalue weighted by atomic mass is 10.5. The lowest BCUT2D eigenvalue weighted by molar-refractivity contribution is 0.309. The van der Waals surface area contributed by atoms with Crippen LogP contribution in [0.15, 0.2) is 0 Å². The Bertz CT molecular complexity index is 60.4. The van der Waals surface area contributed by atoms with Gasteiger partial charge in [-0.1, -0.05) is 6.92 Å². The Morgan fingerprint density at radius 1 is 1.18 bits per heavy atom. The van der Waals surface area contributed by atoms with Gasteiger partial charge in [0.25, 0.3) is 0 Å². The standard InChI is InChI=1S/C5H13N.C2H8O2Si/c1-4-5-6(2)3;1-3-5-4-2/h4-5H2,1-3H3;5H2,1-2H3. The van der Waals surface area contributed by atoms with Crippen LogP contribution >= 0.6 is 0 Å². The summed E-state index contributed by atoms with van der Waals surface area (Å²) < 4.78 is 9.22. The molecule has 3 nitrogen and oxygen atoms in total. The smallest absolute Gasteiger partial charge is 0.303 e. The fraction of sp³-hybridized carbons (Fsp3) is 1.00. The molecule has 0 aromatic carbocycles. The zero-order chi connectivity index (χ0) is 9.11. The molecule has 0 unspecified atom stereocenters. The van der Waals surface area contributed by atoms with Gasteiger partial charge in [0.05, 0.1) is 0 Å². The van der Waals surface area contributed by atoms with Gasteiger partial charge in [-0.3, -0.25) is 0 Å². The number of hydrogen-bond acceptors (Lipinski definition) is 3. The van der Waals surface area contributed by atoms with Crippen molar-refractivity contribution >= 4 is 10.0 Å². The Morgan fingerprint density at radius 2 is 1.64 bits per heavy atom. The molecule has 0 N–H and O–H groups in total. The van der Waals surface area contributed by atoms with Crippen LogP contribution in [0.25, 0.3) is 0 Å². The highest BCUT2D eigenvalue weighted by Gasteiger charge is 1.79. The summed E-state index contributed by atoms with van der Waals surface area (Å²) in [5.41, 5.74) is 0. The van der Waals surface area contributed by atoms with Crippen LogP contribution in [0.3, 0.4) is 0 Å². The van der Waals surface area contributed by atoms with E-state index >= 15 is 0 Å². The third kappa shape index (κ3) is 25.5. The maximum Gasteiger partial charge on any atom is 0.303 e. The van der Waals surface area contributed by atoms with Crippen LogP contribution in [0.1, 0.15) is 13.3 Å². The molecule has 0 saturated carbocycles. The van der Waals surface area contributed by atoms with E-state index < -0.39 is 10.0 Å². The summed E-state index contributed by atoms with van der Waals surface area (Å²) in [4.78, 5) is 2.18. The summed E-state index contributed by atoms with van der Waals surface area (Å²) >= 11 is 0. The summed E-state index contributed by atoms with van der Waals surface area (Å²) in [6, 6.07) is 0. The van der Waals surface area contributed by atoms with Crippen LogP contribution in [0.4, 0.5) is 0 Å². The van der Waals surface area contributed by atoms with Crippen molar-refractivity contribution in [1.82, 2.24) is 4.90 Å². The third-order valence-corrected chi connectivity index (χ3v) is 1.38. The Balaban J connectivity index is 0. The van der Waals surface area contributed by atoms with Gasteiger partial charge in [0.15, 0.2) is 0 Å². The maximum absolute atomic E-state index is 4.61. The second-order valence-electron chi connectivity index (χ2n) is 2.50. The summed E-state index contributed by atoms with van der Waals surface area (Å²) in [6.07, 6.45) is 1.26. The molecule has 11 heavy (non-hydrogen) atoms. The highest BCUT2D eigenvalue weighted by molar-refractivity contribution is 6.17. The molecule has 0 aromatic rings. The lowest BCUT2D eigenvalue weighted by Gasteiger charge is -2.03. The molecule has 0 bridgehead atoms. The van der Waals surface area contributed by atoms with Crippen LogP contribution in [0.5, 0.6) is 0 Å². The van der Waals surface area contributed by atoms with E-state index in [1.165, 1.54) is 13.0 Å². The molecular formula is C7H21NO2Si. The van der Waals surface area contributed by atoms with Crippen molar-refractivity contribution in [3.8, 4) is 0 Å². The lowest BCUT2D eigenvalue weighted by Crippen LogP contribution is -2.11. The number of nitrogens with zero attached hydrogens (tertiary/aromatic N) is 1. The first-order valence-corrected chi connectivity index (χ1v) is 4.97. The first-order valence-electron chi connectivity index (χ1n) is 3.81. The molecule has 0 aliphatic heterocycles. The van der Waals surface area contributed by atoms with Gasteiger partial charge in [-0.05, 0) is 27.1 Å². The summed E-state index contributed by atoms with van der Waals surface area (Å²) in [7, 11) is 6.90. The third-order valence-electron chi connectivity index (χ3n) is 0.907. The summed E-state index contributed by atoms with van der Waals surface area (Å²) in [6.45, 7) is 3.39.